The molecule has 1 aliphatic rings. The number of amidine groups is 1. The Hall–Kier alpha value is -1.84. The van der Waals surface area contributed by atoms with Crippen molar-refractivity contribution in [1.29, 1.82) is 0 Å². The van der Waals surface area contributed by atoms with Crippen molar-refractivity contribution in [1.82, 2.24) is 10.7 Å². The van der Waals surface area contributed by atoms with E-state index in [-0.39, 0.29) is 0 Å². The zero-order chi connectivity index (χ0) is 9.10. The van der Waals surface area contributed by atoms with Crippen LogP contribution in [0.25, 0.3) is 0 Å². The third kappa shape index (κ3) is 1.51. The highest BCUT2D eigenvalue weighted by Crippen LogP contribution is 2.03. The summed E-state index contributed by atoms with van der Waals surface area (Å²) in [6.07, 6.45) is 0. The molecule has 1 aromatic rings. The first-order valence-corrected chi connectivity index (χ1v) is 4.01. The lowest BCUT2D eigenvalue weighted by Gasteiger charge is -1.95. The van der Waals surface area contributed by atoms with Gasteiger partial charge in [0.1, 0.15) is 0 Å². The van der Waals surface area contributed by atoms with E-state index in [1.165, 1.54) is 0 Å². The molecular formula is C9H9N4. The van der Waals surface area contributed by atoms with E-state index in [0.29, 0.717) is 11.8 Å². The van der Waals surface area contributed by atoms with E-state index in [0.717, 1.165) is 5.56 Å². The molecule has 0 fully saturated rings. The monoisotopic (exact) mass is 173 g/mol. The van der Waals surface area contributed by atoms with E-state index in [1.54, 1.807) is 7.05 Å². The van der Waals surface area contributed by atoms with Gasteiger partial charge < -0.3 is 5.32 Å². The van der Waals surface area contributed by atoms with Crippen molar-refractivity contribution in [3.05, 3.63) is 35.9 Å². The molecule has 13 heavy (non-hydrogen) atoms. The molecule has 0 saturated heterocycles. The lowest BCUT2D eigenvalue weighted by Crippen LogP contribution is -2.13. The highest BCUT2D eigenvalue weighted by Gasteiger charge is 2.11. The fourth-order valence-electron chi connectivity index (χ4n) is 1.06. The van der Waals surface area contributed by atoms with Gasteiger partial charge in [0.15, 0.2) is 5.84 Å². The highest BCUT2D eigenvalue weighted by molar-refractivity contribution is 6.08. The molecule has 2 rings (SSSR count). The maximum absolute atomic E-state index is 4.17. The zero-order valence-corrected chi connectivity index (χ0v) is 7.23. The molecule has 0 aromatic heterocycles. The van der Waals surface area contributed by atoms with Gasteiger partial charge in [-0.1, -0.05) is 30.3 Å². The molecule has 1 aromatic carbocycles. The van der Waals surface area contributed by atoms with Crippen LogP contribution >= 0.6 is 0 Å². The van der Waals surface area contributed by atoms with Crippen LogP contribution in [0.5, 0.6) is 0 Å². The van der Waals surface area contributed by atoms with Crippen molar-refractivity contribution in [2.75, 3.05) is 7.05 Å². The van der Waals surface area contributed by atoms with E-state index in [9.17, 15) is 0 Å². The van der Waals surface area contributed by atoms with Crippen LogP contribution in [-0.2, 0) is 0 Å². The molecule has 65 valence electrons. The molecule has 4 heteroatoms. The van der Waals surface area contributed by atoms with Crippen molar-refractivity contribution in [2.24, 2.45) is 10.1 Å². The number of hydrogen-bond acceptors (Lipinski definition) is 3. The van der Waals surface area contributed by atoms with E-state index in [4.69, 9.17) is 0 Å². The molecular weight excluding hydrogens is 164 g/mol. The summed E-state index contributed by atoms with van der Waals surface area (Å²) in [4.78, 5) is 4.17. The quantitative estimate of drug-likeness (QED) is 0.662. The number of hydrogen-bond donors (Lipinski definition) is 1. The van der Waals surface area contributed by atoms with Crippen molar-refractivity contribution < 1.29 is 0 Å². The highest BCUT2D eigenvalue weighted by atomic mass is 15.4. The third-order valence-corrected chi connectivity index (χ3v) is 1.71. The largest absolute Gasteiger partial charge is 0.356 e. The first kappa shape index (κ1) is 7.79. The molecule has 1 radical (unpaired) electrons. The van der Waals surface area contributed by atoms with Crippen LogP contribution in [-0.4, -0.2) is 18.8 Å². The lowest BCUT2D eigenvalue weighted by molar-refractivity contribution is 1.01. The zero-order valence-electron chi connectivity index (χ0n) is 7.23. The maximum Gasteiger partial charge on any atom is 0.244 e. The Kier molecular flexibility index (Phi) is 1.96. The Morgan fingerprint density at radius 3 is 2.54 bits per heavy atom. The summed E-state index contributed by atoms with van der Waals surface area (Å²) in [5, 5.41) is 6.67. The second-order valence-electron chi connectivity index (χ2n) is 2.58. The molecule has 0 amide bonds. The fraction of sp³-hybridized carbons (Fsp3) is 0.111. The van der Waals surface area contributed by atoms with Crippen LogP contribution in [0.1, 0.15) is 5.56 Å². The Morgan fingerprint density at radius 1 is 1.15 bits per heavy atom. The van der Waals surface area contributed by atoms with Crippen molar-refractivity contribution in [2.45, 2.75) is 0 Å². The van der Waals surface area contributed by atoms with Gasteiger partial charge >= 0.3 is 0 Å². The average molecular weight is 173 g/mol. The molecule has 0 bridgehead atoms. The summed E-state index contributed by atoms with van der Waals surface area (Å²) in [5.41, 5.74) is 4.92. The van der Waals surface area contributed by atoms with E-state index in [1.807, 2.05) is 30.3 Å². The Labute approximate surface area is 76.4 Å². The van der Waals surface area contributed by atoms with Crippen LogP contribution < -0.4 is 10.7 Å². The maximum atomic E-state index is 4.17. The molecule has 0 saturated carbocycles. The second kappa shape index (κ2) is 3.26. The topological polar surface area (TPSA) is 50.9 Å². The normalized spacial score (nSPS) is 14.5. The number of rotatable bonds is 1. The van der Waals surface area contributed by atoms with Crippen LogP contribution in [0.3, 0.4) is 0 Å². The lowest BCUT2D eigenvalue weighted by atomic mass is 10.2. The molecule has 0 unspecified atom stereocenters. The van der Waals surface area contributed by atoms with Gasteiger partial charge in [-0.05, 0) is 0 Å². The number of guanidine groups is 1. The van der Waals surface area contributed by atoms with Crippen LogP contribution in [0.15, 0.2) is 40.4 Å². The van der Waals surface area contributed by atoms with Gasteiger partial charge in [0.25, 0.3) is 0 Å². The smallest absolute Gasteiger partial charge is 0.244 e. The van der Waals surface area contributed by atoms with Gasteiger partial charge in [-0.25, -0.2) is 0 Å². The first-order chi connectivity index (χ1) is 6.40. The molecule has 1 aliphatic heterocycles. The summed E-state index contributed by atoms with van der Waals surface area (Å²) in [6.45, 7) is 0. The minimum Gasteiger partial charge on any atom is -0.356 e. The first-order valence-electron chi connectivity index (χ1n) is 4.01. The molecule has 4 nitrogen and oxygen atoms in total. The van der Waals surface area contributed by atoms with E-state index in [2.05, 4.69) is 20.8 Å². The van der Waals surface area contributed by atoms with Crippen molar-refractivity contribution >= 4 is 11.8 Å². The second-order valence-corrected chi connectivity index (χ2v) is 2.58. The summed E-state index contributed by atoms with van der Waals surface area (Å²) in [5.74, 6) is 1.21. The summed E-state index contributed by atoms with van der Waals surface area (Å²) in [6, 6.07) is 9.77. The van der Waals surface area contributed by atoms with Gasteiger partial charge in [0.2, 0.25) is 5.96 Å². The Morgan fingerprint density at radius 2 is 1.92 bits per heavy atom. The summed E-state index contributed by atoms with van der Waals surface area (Å²) in [7, 11) is 1.77. The SMILES string of the molecule is CNC1=N[N]C(c2ccccc2)=N1. The summed E-state index contributed by atoms with van der Waals surface area (Å²) < 4.78 is 0. The summed E-state index contributed by atoms with van der Waals surface area (Å²) >= 11 is 0. The number of benzene rings is 1. The molecule has 1 heterocycles. The van der Waals surface area contributed by atoms with Gasteiger partial charge in [-0.15, -0.1) is 10.5 Å². The fourth-order valence-corrected chi connectivity index (χ4v) is 1.06. The van der Waals surface area contributed by atoms with Crippen molar-refractivity contribution in [3.63, 3.8) is 0 Å². The predicted octanol–water partition coefficient (Wildman–Crippen LogP) is 0.542. The third-order valence-electron chi connectivity index (χ3n) is 1.71. The van der Waals surface area contributed by atoms with E-state index >= 15 is 0 Å². The standard InChI is InChI=1S/C9H9N4/c1-10-9-11-8(12-13-9)7-5-3-2-4-6-7/h2-6H,1H3,(H,10,13). The molecule has 0 aliphatic carbocycles. The Balaban J connectivity index is 2.23. The minimum absolute atomic E-state index is 0.554. The van der Waals surface area contributed by atoms with Gasteiger partial charge in [-0.3, -0.25) is 0 Å². The van der Waals surface area contributed by atoms with Gasteiger partial charge in [0.05, 0.1) is 0 Å². The van der Waals surface area contributed by atoms with E-state index < -0.39 is 0 Å². The van der Waals surface area contributed by atoms with Crippen LogP contribution in [0, 0.1) is 0 Å². The van der Waals surface area contributed by atoms with Gasteiger partial charge in [-0.2, -0.15) is 4.99 Å². The Bertz CT molecular complexity index is 353. The molecule has 1 N–H and O–H groups in total. The van der Waals surface area contributed by atoms with Crippen LogP contribution in [0.2, 0.25) is 0 Å². The number of aliphatic imine (C=N–C) groups is 1. The average Bonchev–Trinajstić information content (AvgIpc) is 2.67. The number of nitrogens with one attached hydrogen (secondary N) is 1. The molecule has 0 spiro atoms. The minimum atomic E-state index is 0.554. The number of nitrogens with zero attached hydrogens (tertiary/aromatic N) is 3. The van der Waals surface area contributed by atoms with Gasteiger partial charge in [0, 0.05) is 12.6 Å². The molecule has 0 atom stereocenters. The van der Waals surface area contributed by atoms with Crippen LogP contribution in [0.4, 0.5) is 0 Å². The predicted molar refractivity (Wildman–Crippen MR) is 51.6 cm³/mol. The van der Waals surface area contributed by atoms with Crippen molar-refractivity contribution in [3.8, 4) is 0 Å².